The van der Waals surface area contributed by atoms with Crippen molar-refractivity contribution in [1.82, 2.24) is 5.32 Å². The molecule has 2 fully saturated rings. The maximum absolute atomic E-state index is 12.3. The first-order chi connectivity index (χ1) is 8.10. The SMILES string of the molecule is CC1(C(=O)NCC2(CCBr)CC2)CCCCC1. The molecule has 0 aromatic heterocycles. The molecular weight excluding hydrogens is 278 g/mol. The van der Waals surface area contributed by atoms with Gasteiger partial charge in [0.25, 0.3) is 0 Å². The molecule has 17 heavy (non-hydrogen) atoms. The molecule has 0 unspecified atom stereocenters. The highest BCUT2D eigenvalue weighted by Gasteiger charge is 2.43. The molecule has 0 aliphatic heterocycles. The van der Waals surface area contributed by atoms with Gasteiger partial charge in [-0.2, -0.15) is 0 Å². The molecule has 3 heteroatoms. The highest BCUT2D eigenvalue weighted by molar-refractivity contribution is 9.09. The minimum atomic E-state index is -0.0806. The van der Waals surface area contributed by atoms with E-state index < -0.39 is 0 Å². The summed E-state index contributed by atoms with van der Waals surface area (Å²) in [5, 5.41) is 4.28. The number of rotatable bonds is 5. The van der Waals surface area contributed by atoms with Crippen LogP contribution in [0.15, 0.2) is 0 Å². The van der Waals surface area contributed by atoms with Crippen LogP contribution in [0.4, 0.5) is 0 Å². The van der Waals surface area contributed by atoms with Gasteiger partial charge in [-0.05, 0) is 37.5 Å². The number of alkyl halides is 1. The Hall–Kier alpha value is -0.0500. The fraction of sp³-hybridized carbons (Fsp3) is 0.929. The molecule has 2 rings (SSSR count). The molecule has 0 bridgehead atoms. The van der Waals surface area contributed by atoms with Crippen molar-refractivity contribution >= 4 is 21.8 Å². The molecule has 0 heterocycles. The second-order valence-corrected chi connectivity index (χ2v) is 7.04. The molecule has 0 saturated heterocycles. The average molecular weight is 302 g/mol. The third kappa shape index (κ3) is 3.24. The first kappa shape index (κ1) is 13.4. The second kappa shape index (κ2) is 5.29. The Kier molecular flexibility index (Phi) is 4.17. The van der Waals surface area contributed by atoms with Crippen LogP contribution in [0.5, 0.6) is 0 Å². The van der Waals surface area contributed by atoms with Crippen molar-refractivity contribution < 1.29 is 4.79 Å². The molecule has 2 saturated carbocycles. The Morgan fingerprint density at radius 3 is 2.35 bits per heavy atom. The number of nitrogens with one attached hydrogen (secondary N) is 1. The fourth-order valence-corrected chi connectivity index (χ4v) is 3.77. The zero-order valence-corrected chi connectivity index (χ0v) is 12.4. The molecule has 98 valence electrons. The number of hydrogen-bond acceptors (Lipinski definition) is 1. The lowest BCUT2D eigenvalue weighted by molar-refractivity contribution is -0.132. The fourth-order valence-electron chi connectivity index (χ4n) is 2.93. The molecule has 1 N–H and O–H groups in total. The van der Waals surface area contributed by atoms with E-state index in [0.29, 0.717) is 11.3 Å². The van der Waals surface area contributed by atoms with Crippen LogP contribution in [0.25, 0.3) is 0 Å². The van der Waals surface area contributed by atoms with Gasteiger partial charge in [0.15, 0.2) is 0 Å². The van der Waals surface area contributed by atoms with Gasteiger partial charge in [-0.25, -0.2) is 0 Å². The molecule has 1 amide bonds. The van der Waals surface area contributed by atoms with Crippen molar-refractivity contribution in [3.8, 4) is 0 Å². The minimum absolute atomic E-state index is 0.0806. The van der Waals surface area contributed by atoms with E-state index in [9.17, 15) is 4.79 Å². The van der Waals surface area contributed by atoms with Gasteiger partial charge in [-0.15, -0.1) is 0 Å². The molecule has 0 atom stereocenters. The van der Waals surface area contributed by atoms with Crippen molar-refractivity contribution in [2.24, 2.45) is 10.8 Å². The minimum Gasteiger partial charge on any atom is -0.355 e. The van der Waals surface area contributed by atoms with E-state index in [1.54, 1.807) is 0 Å². The Morgan fingerprint density at radius 1 is 1.18 bits per heavy atom. The smallest absolute Gasteiger partial charge is 0.225 e. The number of halogens is 1. The maximum Gasteiger partial charge on any atom is 0.225 e. The lowest BCUT2D eigenvalue weighted by Gasteiger charge is -2.32. The van der Waals surface area contributed by atoms with E-state index in [4.69, 9.17) is 0 Å². The zero-order valence-electron chi connectivity index (χ0n) is 10.9. The van der Waals surface area contributed by atoms with E-state index in [0.717, 1.165) is 24.7 Å². The van der Waals surface area contributed by atoms with Crippen LogP contribution in [0.2, 0.25) is 0 Å². The summed E-state index contributed by atoms with van der Waals surface area (Å²) in [5.41, 5.74) is 0.354. The maximum atomic E-state index is 12.3. The van der Waals surface area contributed by atoms with Crippen LogP contribution in [0, 0.1) is 10.8 Å². The van der Waals surface area contributed by atoms with Gasteiger partial charge in [-0.3, -0.25) is 4.79 Å². The third-order valence-corrected chi connectivity index (χ3v) is 5.11. The molecule has 0 radical (unpaired) electrons. The Labute approximate surface area is 113 Å². The Bertz CT molecular complexity index is 280. The monoisotopic (exact) mass is 301 g/mol. The van der Waals surface area contributed by atoms with Crippen LogP contribution in [-0.4, -0.2) is 17.8 Å². The summed E-state index contributed by atoms with van der Waals surface area (Å²) in [4.78, 5) is 12.3. The first-order valence-electron chi connectivity index (χ1n) is 6.95. The summed E-state index contributed by atoms with van der Waals surface area (Å²) in [6, 6.07) is 0. The summed E-state index contributed by atoms with van der Waals surface area (Å²) in [6.45, 7) is 3.04. The van der Waals surface area contributed by atoms with E-state index in [2.05, 4.69) is 28.2 Å². The van der Waals surface area contributed by atoms with E-state index in [-0.39, 0.29) is 5.41 Å². The predicted octanol–water partition coefficient (Wildman–Crippen LogP) is 3.64. The molecule has 2 aliphatic carbocycles. The molecule has 0 spiro atoms. The summed E-state index contributed by atoms with van der Waals surface area (Å²) in [6.07, 6.45) is 9.66. The second-order valence-electron chi connectivity index (χ2n) is 6.24. The van der Waals surface area contributed by atoms with Gasteiger partial charge < -0.3 is 5.32 Å². The summed E-state index contributed by atoms with van der Waals surface area (Å²) in [5.74, 6) is 0.304. The molecule has 2 nitrogen and oxygen atoms in total. The van der Waals surface area contributed by atoms with Crippen molar-refractivity contribution in [2.45, 2.75) is 58.3 Å². The first-order valence-corrected chi connectivity index (χ1v) is 8.07. The number of amides is 1. The highest BCUT2D eigenvalue weighted by atomic mass is 79.9. The molecule has 0 aromatic carbocycles. The topological polar surface area (TPSA) is 29.1 Å². The predicted molar refractivity (Wildman–Crippen MR) is 74.3 cm³/mol. The van der Waals surface area contributed by atoms with Gasteiger partial charge in [0.05, 0.1) is 0 Å². The van der Waals surface area contributed by atoms with Gasteiger partial charge in [0.2, 0.25) is 5.91 Å². The zero-order chi connectivity index (χ0) is 12.4. The van der Waals surface area contributed by atoms with Crippen molar-refractivity contribution in [1.29, 1.82) is 0 Å². The normalized spacial score (nSPS) is 25.3. The van der Waals surface area contributed by atoms with Crippen LogP contribution >= 0.6 is 15.9 Å². The lowest BCUT2D eigenvalue weighted by Crippen LogP contribution is -2.42. The van der Waals surface area contributed by atoms with Crippen LogP contribution in [-0.2, 0) is 4.79 Å². The Balaban J connectivity index is 1.80. The lowest BCUT2D eigenvalue weighted by atomic mass is 9.75. The van der Waals surface area contributed by atoms with Crippen molar-refractivity contribution in [3.05, 3.63) is 0 Å². The van der Waals surface area contributed by atoms with E-state index >= 15 is 0 Å². The van der Waals surface area contributed by atoms with Gasteiger partial charge >= 0.3 is 0 Å². The molecule has 0 aromatic rings. The Morgan fingerprint density at radius 2 is 1.82 bits per heavy atom. The summed E-state index contributed by atoms with van der Waals surface area (Å²) >= 11 is 3.51. The summed E-state index contributed by atoms with van der Waals surface area (Å²) < 4.78 is 0. The molecular formula is C14H24BrNO. The molecule has 2 aliphatic rings. The van der Waals surface area contributed by atoms with Crippen LogP contribution in [0.3, 0.4) is 0 Å². The average Bonchev–Trinajstić information content (AvgIpc) is 3.08. The van der Waals surface area contributed by atoms with Gasteiger partial charge in [0.1, 0.15) is 0 Å². The number of hydrogen-bond donors (Lipinski definition) is 1. The standard InChI is InChI=1S/C14H24BrNO/c1-13(5-3-2-4-6-13)12(17)16-11-14(7-8-14)9-10-15/h2-11H2,1H3,(H,16,17). The highest BCUT2D eigenvalue weighted by Crippen LogP contribution is 2.48. The number of carbonyl (C=O) groups excluding carboxylic acids is 1. The van der Waals surface area contributed by atoms with Crippen molar-refractivity contribution in [2.75, 3.05) is 11.9 Å². The van der Waals surface area contributed by atoms with Crippen molar-refractivity contribution in [3.63, 3.8) is 0 Å². The van der Waals surface area contributed by atoms with Gasteiger partial charge in [0, 0.05) is 17.3 Å². The van der Waals surface area contributed by atoms with Crippen LogP contribution in [0.1, 0.15) is 58.3 Å². The quantitative estimate of drug-likeness (QED) is 0.772. The number of carbonyl (C=O) groups is 1. The van der Waals surface area contributed by atoms with E-state index in [1.165, 1.54) is 38.5 Å². The van der Waals surface area contributed by atoms with Gasteiger partial charge in [-0.1, -0.05) is 42.1 Å². The van der Waals surface area contributed by atoms with E-state index in [1.807, 2.05) is 0 Å². The van der Waals surface area contributed by atoms with Crippen LogP contribution < -0.4 is 5.32 Å². The largest absolute Gasteiger partial charge is 0.355 e. The third-order valence-electron chi connectivity index (χ3n) is 4.71. The summed E-state index contributed by atoms with van der Waals surface area (Å²) in [7, 11) is 0.